The van der Waals surface area contributed by atoms with Crippen LogP contribution < -0.4 is 0 Å². The van der Waals surface area contributed by atoms with Crippen molar-refractivity contribution in [2.75, 3.05) is 0 Å². The summed E-state index contributed by atoms with van der Waals surface area (Å²) >= 11 is 0. The van der Waals surface area contributed by atoms with Gasteiger partial charge in [0.2, 0.25) is 0 Å². The standard InChI is InChI=1S/3C32H25N.C31H22FN/c1-23-9-5-7-13-30(23)33-31-14-8-6-12-28(31)29-22-27(19-20-32(29)33)26-17-15-25(16-18-26)21-24-10-3-2-4-11-24;1-23-8-7-11-28(20-23)33-31-13-6-5-12-29(31)30-22-27(18-19-32(30)33)26-16-14-25(15-17-26)21-24-9-3-2-4-10-24;1-23-11-18-28(19-12-23)33-31-10-6-5-9-29(31)30-22-27(17-20-32(30)33)26-15-13-25(14-16-26)21-24-7-3-2-4-8-24;32-28-11-5-7-13-31(28)33-29-12-6-4-10-26(29)27-21-25(18-19-30(27)33)24-16-14-23(15-17-24)20-22-8-2-1-3-9-22/h3*2-20,22H,21H2,1H3;1-19,21H,20H2. The molecule has 24 rings (SSSR count). The predicted octanol–water partition coefficient (Wildman–Crippen LogP) is 33.2. The van der Waals surface area contributed by atoms with Crippen molar-refractivity contribution in [2.45, 2.75) is 46.5 Å². The molecule has 0 aliphatic carbocycles. The second-order valence-electron chi connectivity index (χ2n) is 34.7. The molecule has 0 unspecified atom stereocenters. The van der Waals surface area contributed by atoms with E-state index in [9.17, 15) is 4.39 Å². The molecule has 0 bridgehead atoms. The molecule has 4 aromatic heterocycles. The van der Waals surface area contributed by atoms with Crippen LogP contribution in [0, 0.1) is 26.6 Å². The molecule has 20 aromatic carbocycles. The molecule has 5 heteroatoms. The molecule has 0 radical (unpaired) electrons. The van der Waals surface area contributed by atoms with Crippen molar-refractivity contribution in [3.8, 4) is 67.3 Å². The molecule has 24 aromatic rings. The first-order chi connectivity index (χ1) is 65.1. The Bertz CT molecular complexity index is 7980. The van der Waals surface area contributed by atoms with Crippen LogP contribution in [0.1, 0.15) is 61.2 Å². The molecule has 0 saturated carbocycles. The van der Waals surface area contributed by atoms with Crippen molar-refractivity contribution in [3.63, 3.8) is 0 Å². The van der Waals surface area contributed by atoms with Crippen molar-refractivity contribution in [1.82, 2.24) is 18.3 Å². The lowest BCUT2D eigenvalue weighted by Gasteiger charge is -2.11. The molecule has 4 heterocycles. The van der Waals surface area contributed by atoms with E-state index >= 15 is 0 Å². The summed E-state index contributed by atoms with van der Waals surface area (Å²) in [6.07, 6.45) is 3.81. The Kier molecular flexibility index (Phi) is 23.2. The van der Waals surface area contributed by atoms with Gasteiger partial charge in [0.1, 0.15) is 5.82 Å². The maximum absolute atomic E-state index is 14.7. The van der Waals surface area contributed by atoms with Gasteiger partial charge in [-0.05, 0) is 262 Å². The number of para-hydroxylation sites is 6. The van der Waals surface area contributed by atoms with E-state index in [0.717, 1.165) is 53.1 Å². The van der Waals surface area contributed by atoms with E-state index in [0.29, 0.717) is 5.69 Å². The third-order valence-corrected chi connectivity index (χ3v) is 25.8. The van der Waals surface area contributed by atoms with E-state index in [-0.39, 0.29) is 5.82 Å². The lowest BCUT2D eigenvalue weighted by Crippen LogP contribution is -1.96. The average Bonchev–Trinajstić information content (AvgIpc) is 1.59. The molecule has 632 valence electrons. The van der Waals surface area contributed by atoms with E-state index in [4.69, 9.17) is 0 Å². The maximum Gasteiger partial charge on any atom is 0.147 e. The predicted molar refractivity (Wildman–Crippen MR) is 556 cm³/mol. The summed E-state index contributed by atoms with van der Waals surface area (Å²) in [6.45, 7) is 6.46. The van der Waals surface area contributed by atoms with Crippen LogP contribution in [0.4, 0.5) is 4.39 Å². The zero-order valence-electron chi connectivity index (χ0n) is 74.2. The molecule has 0 aliphatic heterocycles. The summed E-state index contributed by atoms with van der Waals surface area (Å²) in [6, 6.07) is 173. The van der Waals surface area contributed by atoms with Gasteiger partial charge in [0, 0.05) is 60.2 Å². The molecule has 0 spiro atoms. The summed E-state index contributed by atoms with van der Waals surface area (Å²) < 4.78 is 23.9. The van der Waals surface area contributed by atoms with Crippen LogP contribution in [0.3, 0.4) is 0 Å². The molecule has 0 N–H and O–H groups in total. The second kappa shape index (κ2) is 37.1. The fourth-order valence-corrected chi connectivity index (χ4v) is 19.2. The smallest absolute Gasteiger partial charge is 0.147 e. The molecule has 0 fully saturated rings. The van der Waals surface area contributed by atoms with E-state index in [2.05, 4.69) is 477 Å². The first-order valence-electron chi connectivity index (χ1n) is 45.7. The summed E-state index contributed by atoms with van der Waals surface area (Å²) in [5.74, 6) is -0.224. The molecular formula is C127H97FN4. The third-order valence-electron chi connectivity index (χ3n) is 25.8. The Morgan fingerprint density at radius 1 is 0.167 bits per heavy atom. The topological polar surface area (TPSA) is 19.7 Å². The van der Waals surface area contributed by atoms with Crippen molar-refractivity contribution in [3.05, 3.63) is 552 Å². The molecule has 132 heavy (non-hydrogen) atoms. The number of aryl methyl sites for hydroxylation is 3. The number of aromatic nitrogens is 4. The van der Waals surface area contributed by atoms with E-state index in [1.165, 1.54) is 189 Å². The van der Waals surface area contributed by atoms with Gasteiger partial charge in [-0.2, -0.15) is 0 Å². The van der Waals surface area contributed by atoms with Gasteiger partial charge in [0.15, 0.2) is 0 Å². The molecule has 0 amide bonds. The molecule has 4 nitrogen and oxygen atoms in total. The summed E-state index contributed by atoms with van der Waals surface area (Å²) in [5, 5.41) is 9.98. The van der Waals surface area contributed by atoms with Gasteiger partial charge in [0.25, 0.3) is 0 Å². The summed E-state index contributed by atoms with van der Waals surface area (Å²) in [4.78, 5) is 0. The van der Waals surface area contributed by atoms with E-state index < -0.39 is 0 Å². The number of hydrogen-bond acceptors (Lipinski definition) is 0. The highest BCUT2D eigenvalue weighted by Crippen LogP contribution is 2.42. The molecule has 0 aliphatic rings. The summed E-state index contributed by atoms with van der Waals surface area (Å²) in [7, 11) is 0. The lowest BCUT2D eigenvalue weighted by molar-refractivity contribution is 0.621. The number of hydrogen-bond donors (Lipinski definition) is 0. The van der Waals surface area contributed by atoms with Crippen LogP contribution in [0.15, 0.2) is 485 Å². The zero-order chi connectivity index (χ0) is 88.8. The quantitative estimate of drug-likeness (QED) is 0.0919. The normalized spacial score (nSPS) is 11.3. The van der Waals surface area contributed by atoms with Gasteiger partial charge in [-0.15, -0.1) is 0 Å². The Labute approximate surface area is 770 Å². The fraction of sp³-hybridized carbons (Fsp3) is 0.0551. The van der Waals surface area contributed by atoms with Gasteiger partial charge in [-0.1, -0.05) is 376 Å². The largest absolute Gasteiger partial charge is 0.309 e. The van der Waals surface area contributed by atoms with E-state index in [1.807, 2.05) is 34.9 Å². The first-order valence-corrected chi connectivity index (χ1v) is 45.7. The number of benzene rings is 20. The second-order valence-corrected chi connectivity index (χ2v) is 34.7. The summed E-state index contributed by atoms with van der Waals surface area (Å²) in [5.41, 5.74) is 38.0. The lowest BCUT2D eigenvalue weighted by atomic mass is 9.99. The monoisotopic (exact) mass is 1700 g/mol. The Hall–Kier alpha value is -16.5. The number of halogens is 1. The molecular weight excluding hydrogens is 1600 g/mol. The highest BCUT2D eigenvalue weighted by Gasteiger charge is 2.21. The number of fused-ring (bicyclic) bond motifs is 12. The van der Waals surface area contributed by atoms with Crippen LogP contribution in [0.25, 0.3) is 154 Å². The molecule has 0 saturated heterocycles. The molecule has 0 atom stereocenters. The van der Waals surface area contributed by atoms with Crippen LogP contribution in [-0.4, -0.2) is 18.3 Å². The number of nitrogens with zero attached hydrogens (tertiary/aromatic N) is 4. The Morgan fingerprint density at radius 3 is 0.773 bits per heavy atom. The van der Waals surface area contributed by atoms with Gasteiger partial charge < -0.3 is 18.3 Å². The average molecular weight is 1700 g/mol. The van der Waals surface area contributed by atoms with Gasteiger partial charge >= 0.3 is 0 Å². The number of rotatable bonds is 16. The van der Waals surface area contributed by atoms with Crippen LogP contribution in [0.2, 0.25) is 0 Å². The van der Waals surface area contributed by atoms with Crippen molar-refractivity contribution >= 4 is 87.2 Å². The Morgan fingerprint density at radius 2 is 0.432 bits per heavy atom. The third kappa shape index (κ3) is 17.1. The minimum Gasteiger partial charge on any atom is -0.309 e. The first kappa shape index (κ1) is 82.5. The minimum atomic E-state index is -0.224. The Balaban J connectivity index is 0.000000106. The highest BCUT2D eigenvalue weighted by atomic mass is 19.1. The van der Waals surface area contributed by atoms with Gasteiger partial charge in [-0.25, -0.2) is 4.39 Å². The SMILES string of the molecule is Cc1ccc(-n2c3ccccc3c3cc(-c4ccc(Cc5ccccc5)cc4)ccc32)cc1.Cc1cccc(-n2c3ccccc3c3cc(-c4ccc(Cc5ccccc5)cc4)ccc32)c1.Cc1ccccc1-n1c2ccccc2c2cc(-c3ccc(Cc4ccccc4)cc3)ccc21.Fc1ccccc1-n1c2ccccc2c2cc(-c3ccc(Cc4ccccc4)cc3)ccc21. The maximum atomic E-state index is 14.7. The van der Waals surface area contributed by atoms with Crippen molar-refractivity contribution < 1.29 is 4.39 Å². The zero-order valence-corrected chi connectivity index (χ0v) is 74.2. The van der Waals surface area contributed by atoms with Crippen LogP contribution >= 0.6 is 0 Å². The van der Waals surface area contributed by atoms with Crippen LogP contribution in [0.5, 0.6) is 0 Å². The van der Waals surface area contributed by atoms with Crippen LogP contribution in [-0.2, 0) is 25.7 Å². The van der Waals surface area contributed by atoms with E-state index in [1.54, 1.807) is 6.07 Å². The fourth-order valence-electron chi connectivity index (χ4n) is 19.2. The minimum absolute atomic E-state index is 0.224. The van der Waals surface area contributed by atoms with Gasteiger partial charge in [-0.3, -0.25) is 0 Å². The van der Waals surface area contributed by atoms with Crippen molar-refractivity contribution in [2.24, 2.45) is 0 Å². The van der Waals surface area contributed by atoms with Crippen molar-refractivity contribution in [1.29, 1.82) is 0 Å². The highest BCUT2D eigenvalue weighted by molar-refractivity contribution is 6.14. The van der Waals surface area contributed by atoms with Gasteiger partial charge in [0.05, 0.1) is 49.8 Å².